The summed E-state index contributed by atoms with van der Waals surface area (Å²) < 4.78 is 24.0. The average Bonchev–Trinajstić information content (AvgIpc) is 2.95. The molecule has 2 aromatic heterocycles. The lowest BCUT2D eigenvalue weighted by atomic mass is 9.85. The molecule has 6 nitrogen and oxygen atoms in total. The molecule has 5 rings (SSSR count). The third-order valence-corrected chi connectivity index (χ3v) is 7.36. The van der Waals surface area contributed by atoms with Gasteiger partial charge in [0.05, 0.1) is 17.8 Å². The number of aryl methyl sites for hydroxylation is 1. The molecule has 0 saturated carbocycles. The third-order valence-electron chi connectivity index (χ3n) is 7.05. The minimum atomic E-state index is -0.161. The van der Waals surface area contributed by atoms with Crippen LogP contribution in [0, 0.1) is 6.92 Å². The highest BCUT2D eigenvalue weighted by Gasteiger charge is 2.21. The van der Waals surface area contributed by atoms with E-state index >= 15 is 0 Å². The quantitative estimate of drug-likeness (QED) is 0.193. The monoisotopic (exact) mass is 560 g/mol. The second-order valence-corrected chi connectivity index (χ2v) is 11.6. The molecular formula is C33H37ClN2O4. The smallest absolute Gasteiger partial charge is 0.226 e. The lowest BCUT2D eigenvalue weighted by molar-refractivity contribution is -0.165. The number of fused-ring (bicyclic) bond motifs is 1. The minimum Gasteiger partial charge on any atom is -0.488 e. The molecule has 3 heterocycles. The van der Waals surface area contributed by atoms with Gasteiger partial charge in [-0.25, -0.2) is 9.97 Å². The fourth-order valence-electron chi connectivity index (χ4n) is 4.91. The van der Waals surface area contributed by atoms with Crippen molar-refractivity contribution in [2.45, 2.75) is 65.3 Å². The van der Waals surface area contributed by atoms with E-state index in [-0.39, 0.29) is 11.7 Å². The van der Waals surface area contributed by atoms with Crippen LogP contribution >= 0.6 is 11.6 Å². The first kappa shape index (κ1) is 28.3. The summed E-state index contributed by atoms with van der Waals surface area (Å²) >= 11 is 6.78. The Morgan fingerprint density at radius 3 is 2.58 bits per heavy atom. The Balaban J connectivity index is 1.48. The van der Waals surface area contributed by atoms with Crippen molar-refractivity contribution in [2.75, 3.05) is 19.8 Å². The molecule has 1 saturated heterocycles. The van der Waals surface area contributed by atoms with E-state index in [0.717, 1.165) is 69.7 Å². The minimum absolute atomic E-state index is 0.0636. The van der Waals surface area contributed by atoms with Gasteiger partial charge in [-0.15, -0.1) is 0 Å². The molecule has 40 heavy (non-hydrogen) atoms. The maximum atomic E-state index is 6.78. The second kappa shape index (κ2) is 12.5. The Morgan fingerprint density at radius 2 is 1.82 bits per heavy atom. The van der Waals surface area contributed by atoms with Gasteiger partial charge in [0.25, 0.3) is 0 Å². The largest absolute Gasteiger partial charge is 0.488 e. The number of hydrogen-bond donors (Lipinski definition) is 0. The molecule has 0 amide bonds. The molecule has 1 aliphatic rings. The number of rotatable bonds is 9. The Morgan fingerprint density at radius 1 is 1.00 bits per heavy atom. The number of ether oxygens (including phenoxy) is 4. The Bertz CT molecular complexity index is 1450. The zero-order chi connectivity index (χ0) is 28.1. The van der Waals surface area contributed by atoms with Crippen LogP contribution in [0.1, 0.15) is 56.7 Å². The van der Waals surface area contributed by atoms with E-state index in [0.29, 0.717) is 31.5 Å². The van der Waals surface area contributed by atoms with Crippen LogP contribution in [-0.4, -0.2) is 36.1 Å². The number of aromatic nitrogens is 2. The van der Waals surface area contributed by atoms with Gasteiger partial charge in [0, 0.05) is 29.5 Å². The zero-order valence-electron chi connectivity index (χ0n) is 23.7. The highest BCUT2D eigenvalue weighted by Crippen LogP contribution is 2.39. The van der Waals surface area contributed by atoms with Crippen molar-refractivity contribution in [3.05, 3.63) is 82.5 Å². The Kier molecular flexibility index (Phi) is 8.89. The number of hydrogen-bond acceptors (Lipinski definition) is 6. The molecular weight excluding hydrogens is 524 g/mol. The summed E-state index contributed by atoms with van der Waals surface area (Å²) in [6.07, 6.45) is 4.67. The van der Waals surface area contributed by atoms with E-state index < -0.39 is 0 Å². The number of nitrogens with zero attached hydrogens (tertiary/aromatic N) is 2. The van der Waals surface area contributed by atoms with Crippen LogP contribution in [0.3, 0.4) is 0 Å². The van der Waals surface area contributed by atoms with E-state index in [2.05, 4.69) is 38.7 Å². The van der Waals surface area contributed by atoms with Gasteiger partial charge < -0.3 is 18.9 Å². The van der Waals surface area contributed by atoms with E-state index in [1.165, 1.54) is 0 Å². The van der Waals surface area contributed by atoms with E-state index in [9.17, 15) is 0 Å². The van der Waals surface area contributed by atoms with Gasteiger partial charge in [0.15, 0.2) is 6.29 Å². The summed E-state index contributed by atoms with van der Waals surface area (Å²) in [5.74, 6) is 1.12. The van der Waals surface area contributed by atoms with Crippen molar-refractivity contribution in [1.82, 2.24) is 9.97 Å². The zero-order valence-corrected chi connectivity index (χ0v) is 24.5. The normalized spacial score (nSPS) is 15.8. The van der Waals surface area contributed by atoms with Crippen molar-refractivity contribution >= 4 is 22.5 Å². The molecule has 0 aliphatic carbocycles. The molecule has 0 N–H and O–H groups in total. The molecule has 1 unspecified atom stereocenters. The Hall–Kier alpha value is -3.19. The molecule has 0 bridgehead atoms. The first-order chi connectivity index (χ1) is 19.3. The van der Waals surface area contributed by atoms with Gasteiger partial charge in [-0.3, -0.25) is 0 Å². The summed E-state index contributed by atoms with van der Waals surface area (Å²) in [6, 6.07) is 18.1. The van der Waals surface area contributed by atoms with Crippen LogP contribution in [-0.2, 0) is 21.5 Å². The van der Waals surface area contributed by atoms with Crippen molar-refractivity contribution in [3.63, 3.8) is 0 Å². The molecule has 7 heteroatoms. The molecule has 210 valence electrons. The second-order valence-electron chi connectivity index (χ2n) is 11.2. The highest BCUT2D eigenvalue weighted by molar-refractivity contribution is 6.31. The Labute approximate surface area is 241 Å². The predicted molar refractivity (Wildman–Crippen MR) is 159 cm³/mol. The lowest BCUT2D eigenvalue weighted by Gasteiger charge is -2.23. The van der Waals surface area contributed by atoms with Crippen molar-refractivity contribution < 1.29 is 18.9 Å². The topological polar surface area (TPSA) is 62.7 Å². The average molecular weight is 561 g/mol. The SMILES string of the molecule is Cc1cc(C(C)(C)C)c(Cl)cc1-c1cc(OCc2ccccc2)c2c(OCCOC3CCCCO3)nccc2n1. The molecule has 1 fully saturated rings. The van der Waals surface area contributed by atoms with E-state index in [1.54, 1.807) is 6.20 Å². The first-order valence-corrected chi connectivity index (χ1v) is 14.3. The van der Waals surface area contributed by atoms with Crippen LogP contribution in [0.25, 0.3) is 22.2 Å². The van der Waals surface area contributed by atoms with Gasteiger partial charge in [-0.1, -0.05) is 68.8 Å². The van der Waals surface area contributed by atoms with Gasteiger partial charge in [0.2, 0.25) is 5.88 Å². The summed E-state index contributed by atoms with van der Waals surface area (Å²) in [4.78, 5) is 9.54. The standard InChI is InChI=1S/C33H37ClN2O4/c1-22-18-25(33(2,3)4)26(34)19-24(22)28-20-29(40-21-23-10-6-5-7-11-23)31-27(36-28)13-14-35-32(31)39-17-16-38-30-12-8-9-15-37-30/h5-7,10-11,13-14,18-20,30H,8-9,12,15-17,21H2,1-4H3. The third kappa shape index (κ3) is 6.74. The molecule has 1 aliphatic heterocycles. The van der Waals surface area contributed by atoms with Crippen LogP contribution in [0.5, 0.6) is 11.6 Å². The number of benzene rings is 2. The van der Waals surface area contributed by atoms with Gasteiger partial charge in [0.1, 0.15) is 24.3 Å². The number of halogens is 1. The summed E-state index contributed by atoms with van der Waals surface area (Å²) in [6.45, 7) is 10.5. The van der Waals surface area contributed by atoms with Crippen LogP contribution in [0.2, 0.25) is 5.02 Å². The van der Waals surface area contributed by atoms with Crippen LogP contribution in [0.15, 0.2) is 60.8 Å². The fourth-order valence-corrected chi connectivity index (χ4v) is 5.35. The maximum absolute atomic E-state index is 6.78. The number of pyridine rings is 2. The van der Waals surface area contributed by atoms with E-state index in [1.807, 2.05) is 48.5 Å². The maximum Gasteiger partial charge on any atom is 0.226 e. The van der Waals surface area contributed by atoms with Crippen molar-refractivity contribution in [3.8, 4) is 22.9 Å². The molecule has 0 radical (unpaired) electrons. The van der Waals surface area contributed by atoms with Crippen LogP contribution in [0.4, 0.5) is 0 Å². The van der Waals surface area contributed by atoms with Gasteiger partial charge >= 0.3 is 0 Å². The molecule has 0 spiro atoms. The summed E-state index contributed by atoms with van der Waals surface area (Å²) in [7, 11) is 0. The van der Waals surface area contributed by atoms with Gasteiger partial charge in [-0.05, 0) is 60.4 Å². The van der Waals surface area contributed by atoms with Crippen molar-refractivity contribution in [2.24, 2.45) is 0 Å². The fraction of sp³-hybridized carbons (Fsp3) is 0.394. The summed E-state index contributed by atoms with van der Waals surface area (Å²) in [5.41, 5.74) is 5.69. The first-order valence-electron chi connectivity index (χ1n) is 13.9. The van der Waals surface area contributed by atoms with Crippen LogP contribution < -0.4 is 9.47 Å². The summed E-state index contributed by atoms with van der Waals surface area (Å²) in [5, 5.41) is 1.45. The van der Waals surface area contributed by atoms with E-state index in [4.69, 9.17) is 35.5 Å². The molecule has 4 aromatic rings. The molecule has 1 atom stereocenters. The predicted octanol–water partition coefficient (Wildman–Crippen LogP) is 8.06. The van der Waals surface area contributed by atoms with Gasteiger partial charge in [-0.2, -0.15) is 0 Å². The molecule has 2 aromatic carbocycles. The van der Waals surface area contributed by atoms with Crippen molar-refractivity contribution in [1.29, 1.82) is 0 Å². The highest BCUT2D eigenvalue weighted by atomic mass is 35.5. The lowest BCUT2D eigenvalue weighted by Crippen LogP contribution is -2.24.